The Kier molecular flexibility index (Phi) is 1.96. The minimum atomic E-state index is 0.779. The van der Waals surface area contributed by atoms with E-state index in [1.165, 1.54) is 5.69 Å². The van der Waals surface area contributed by atoms with Crippen molar-refractivity contribution in [2.75, 3.05) is 13.2 Å². The Balaban J connectivity index is 2.35. The zero-order chi connectivity index (χ0) is 7.68. The van der Waals surface area contributed by atoms with E-state index in [1.807, 2.05) is 10.9 Å². The first-order valence-electron chi connectivity index (χ1n) is 3.66. The molecule has 0 unspecified atom stereocenters. The van der Waals surface area contributed by atoms with Gasteiger partial charge in [0.2, 0.25) is 0 Å². The van der Waals surface area contributed by atoms with Gasteiger partial charge in [0.15, 0.2) is 0 Å². The number of hydrogen-bond donors (Lipinski definition) is 0. The number of hydrogen-bond acceptors (Lipinski definition) is 2. The van der Waals surface area contributed by atoms with E-state index < -0.39 is 0 Å². The molecule has 0 N–H and O–H groups in total. The third-order valence-electron chi connectivity index (χ3n) is 1.83. The summed E-state index contributed by atoms with van der Waals surface area (Å²) < 4.78 is 8.41. The molecule has 0 saturated heterocycles. The Morgan fingerprint density at radius 2 is 2.45 bits per heavy atom. The standard InChI is InChI=1S/C7H9BrN2O/c8-6-5-9-10-2-4-11-3-1-7(6)10/h5H,1-4H2. The predicted octanol–water partition coefficient (Wildman–Crippen LogP) is 1.22. The van der Waals surface area contributed by atoms with Crippen LogP contribution in [0.15, 0.2) is 10.7 Å². The molecule has 0 radical (unpaired) electrons. The molecule has 1 aliphatic heterocycles. The Labute approximate surface area is 73.5 Å². The Hall–Kier alpha value is -0.350. The van der Waals surface area contributed by atoms with Gasteiger partial charge in [0.1, 0.15) is 0 Å². The zero-order valence-corrected chi connectivity index (χ0v) is 7.67. The lowest BCUT2D eigenvalue weighted by atomic mass is 10.3. The summed E-state index contributed by atoms with van der Waals surface area (Å²) in [6.07, 6.45) is 2.81. The molecule has 0 spiro atoms. The topological polar surface area (TPSA) is 27.1 Å². The molecule has 0 atom stereocenters. The minimum absolute atomic E-state index is 0.779. The van der Waals surface area contributed by atoms with Crippen LogP contribution in [-0.4, -0.2) is 23.0 Å². The first-order chi connectivity index (χ1) is 5.38. The van der Waals surface area contributed by atoms with Gasteiger partial charge in [0.05, 0.1) is 36.1 Å². The van der Waals surface area contributed by atoms with E-state index in [0.29, 0.717) is 0 Å². The van der Waals surface area contributed by atoms with Crippen LogP contribution in [-0.2, 0) is 17.7 Å². The van der Waals surface area contributed by atoms with Gasteiger partial charge in [-0.25, -0.2) is 0 Å². The summed E-state index contributed by atoms with van der Waals surface area (Å²) in [4.78, 5) is 0. The van der Waals surface area contributed by atoms with E-state index in [9.17, 15) is 0 Å². The summed E-state index contributed by atoms with van der Waals surface area (Å²) in [5.74, 6) is 0. The zero-order valence-electron chi connectivity index (χ0n) is 6.09. The molecule has 0 aliphatic carbocycles. The Bertz CT molecular complexity index is 259. The van der Waals surface area contributed by atoms with Gasteiger partial charge >= 0.3 is 0 Å². The molecule has 11 heavy (non-hydrogen) atoms. The number of ether oxygens (including phenoxy) is 1. The van der Waals surface area contributed by atoms with Crippen molar-refractivity contribution in [2.24, 2.45) is 0 Å². The van der Waals surface area contributed by atoms with E-state index in [-0.39, 0.29) is 0 Å². The van der Waals surface area contributed by atoms with Crippen LogP contribution in [0.25, 0.3) is 0 Å². The maximum Gasteiger partial charge on any atom is 0.0662 e. The average molecular weight is 217 g/mol. The van der Waals surface area contributed by atoms with Gasteiger partial charge in [-0.15, -0.1) is 0 Å². The molecule has 0 fully saturated rings. The average Bonchev–Trinajstić information content (AvgIpc) is 2.25. The van der Waals surface area contributed by atoms with Gasteiger partial charge in [-0.3, -0.25) is 4.68 Å². The van der Waals surface area contributed by atoms with Crippen molar-refractivity contribution in [3.8, 4) is 0 Å². The highest BCUT2D eigenvalue weighted by Crippen LogP contribution is 2.17. The van der Waals surface area contributed by atoms with Gasteiger partial charge in [0, 0.05) is 6.42 Å². The number of rotatable bonds is 0. The maximum atomic E-state index is 5.31. The van der Waals surface area contributed by atoms with Gasteiger partial charge in [-0.2, -0.15) is 5.10 Å². The lowest BCUT2D eigenvalue weighted by Gasteiger charge is -1.99. The fourth-order valence-electron chi connectivity index (χ4n) is 1.25. The van der Waals surface area contributed by atoms with Crippen LogP contribution in [0.2, 0.25) is 0 Å². The summed E-state index contributed by atoms with van der Waals surface area (Å²) in [5.41, 5.74) is 1.25. The molecule has 2 heterocycles. The highest BCUT2D eigenvalue weighted by molar-refractivity contribution is 9.10. The quantitative estimate of drug-likeness (QED) is 0.653. The van der Waals surface area contributed by atoms with Crippen molar-refractivity contribution in [1.82, 2.24) is 9.78 Å². The van der Waals surface area contributed by atoms with Crippen LogP contribution in [0.1, 0.15) is 5.69 Å². The number of nitrogens with zero attached hydrogens (tertiary/aromatic N) is 2. The molecule has 0 saturated carbocycles. The van der Waals surface area contributed by atoms with E-state index in [1.54, 1.807) is 0 Å². The summed E-state index contributed by atoms with van der Waals surface area (Å²) >= 11 is 3.45. The molecule has 0 bridgehead atoms. The van der Waals surface area contributed by atoms with Crippen LogP contribution in [0, 0.1) is 0 Å². The monoisotopic (exact) mass is 216 g/mol. The number of fused-ring (bicyclic) bond motifs is 1. The molecular formula is C7H9BrN2O. The van der Waals surface area contributed by atoms with E-state index >= 15 is 0 Å². The van der Waals surface area contributed by atoms with Crippen molar-refractivity contribution in [3.63, 3.8) is 0 Å². The Morgan fingerprint density at radius 3 is 3.36 bits per heavy atom. The van der Waals surface area contributed by atoms with Gasteiger partial charge in [0.25, 0.3) is 0 Å². The van der Waals surface area contributed by atoms with Gasteiger partial charge < -0.3 is 4.74 Å². The first-order valence-corrected chi connectivity index (χ1v) is 4.45. The van der Waals surface area contributed by atoms with Gasteiger partial charge in [-0.05, 0) is 15.9 Å². The SMILES string of the molecule is Brc1cnn2c1CCOCC2. The fourth-order valence-corrected chi connectivity index (χ4v) is 1.75. The number of halogens is 1. The van der Waals surface area contributed by atoms with E-state index in [2.05, 4.69) is 21.0 Å². The second-order valence-electron chi connectivity index (χ2n) is 2.52. The van der Waals surface area contributed by atoms with Crippen molar-refractivity contribution in [2.45, 2.75) is 13.0 Å². The normalized spacial score (nSPS) is 17.5. The molecule has 2 rings (SSSR count). The smallest absolute Gasteiger partial charge is 0.0662 e. The third-order valence-corrected chi connectivity index (χ3v) is 2.49. The molecule has 3 nitrogen and oxygen atoms in total. The largest absolute Gasteiger partial charge is 0.379 e. The second-order valence-corrected chi connectivity index (χ2v) is 3.38. The molecule has 1 aliphatic rings. The van der Waals surface area contributed by atoms with Crippen LogP contribution in [0.4, 0.5) is 0 Å². The molecule has 1 aromatic rings. The first kappa shape index (κ1) is 7.31. The third kappa shape index (κ3) is 1.32. The summed E-state index contributed by atoms with van der Waals surface area (Å²) in [5, 5.41) is 4.21. The maximum absolute atomic E-state index is 5.31. The molecule has 60 valence electrons. The van der Waals surface area contributed by atoms with Crippen molar-refractivity contribution >= 4 is 15.9 Å². The lowest BCUT2D eigenvalue weighted by Crippen LogP contribution is -2.04. The number of aromatic nitrogens is 2. The lowest BCUT2D eigenvalue weighted by molar-refractivity contribution is 0.139. The summed E-state index contributed by atoms with van der Waals surface area (Å²) in [6, 6.07) is 0. The van der Waals surface area contributed by atoms with Crippen molar-refractivity contribution < 1.29 is 4.74 Å². The minimum Gasteiger partial charge on any atom is -0.379 e. The predicted molar refractivity (Wildman–Crippen MR) is 44.5 cm³/mol. The molecule has 0 aromatic carbocycles. The van der Waals surface area contributed by atoms with E-state index in [0.717, 1.165) is 30.7 Å². The van der Waals surface area contributed by atoms with Crippen molar-refractivity contribution in [3.05, 3.63) is 16.4 Å². The summed E-state index contributed by atoms with van der Waals surface area (Å²) in [6.45, 7) is 2.46. The van der Waals surface area contributed by atoms with Crippen LogP contribution >= 0.6 is 15.9 Å². The van der Waals surface area contributed by atoms with Crippen molar-refractivity contribution in [1.29, 1.82) is 0 Å². The van der Waals surface area contributed by atoms with Crippen LogP contribution in [0.3, 0.4) is 0 Å². The molecular weight excluding hydrogens is 208 g/mol. The summed E-state index contributed by atoms with van der Waals surface area (Å²) in [7, 11) is 0. The highest BCUT2D eigenvalue weighted by atomic mass is 79.9. The molecule has 0 amide bonds. The van der Waals surface area contributed by atoms with E-state index in [4.69, 9.17) is 4.74 Å². The van der Waals surface area contributed by atoms with Crippen LogP contribution in [0.5, 0.6) is 0 Å². The molecule has 1 aromatic heterocycles. The molecule has 4 heteroatoms. The second kappa shape index (κ2) is 2.95. The highest BCUT2D eigenvalue weighted by Gasteiger charge is 2.10. The van der Waals surface area contributed by atoms with Gasteiger partial charge in [-0.1, -0.05) is 0 Å². The Morgan fingerprint density at radius 1 is 1.55 bits per heavy atom. The van der Waals surface area contributed by atoms with Crippen LogP contribution < -0.4 is 0 Å². The fraction of sp³-hybridized carbons (Fsp3) is 0.571.